The highest BCUT2D eigenvalue weighted by molar-refractivity contribution is 5.81. The molecule has 0 radical (unpaired) electrons. The molecule has 1 heteroatoms. The Morgan fingerprint density at radius 2 is 2.00 bits per heavy atom. The third-order valence-corrected chi connectivity index (χ3v) is 4.53. The van der Waals surface area contributed by atoms with Crippen molar-refractivity contribution in [1.82, 2.24) is 0 Å². The van der Waals surface area contributed by atoms with E-state index in [4.69, 9.17) is 0 Å². The number of carbonyl (C=O) groups excluding carboxylic acids is 1. The lowest BCUT2D eigenvalue weighted by atomic mass is 9.67. The van der Waals surface area contributed by atoms with Gasteiger partial charge in [0.1, 0.15) is 5.78 Å². The van der Waals surface area contributed by atoms with Crippen molar-refractivity contribution in [2.45, 2.75) is 52.9 Å². The van der Waals surface area contributed by atoms with Crippen LogP contribution in [0.1, 0.15) is 52.9 Å². The minimum Gasteiger partial charge on any atom is -0.299 e. The smallest absolute Gasteiger partial charge is 0.136 e. The van der Waals surface area contributed by atoms with Crippen LogP contribution in [0, 0.1) is 23.7 Å². The number of rotatable bonds is 1. The Bertz CT molecular complexity index is 301. The average molecular weight is 220 g/mol. The van der Waals surface area contributed by atoms with Gasteiger partial charge in [-0.15, -0.1) is 0 Å². The largest absolute Gasteiger partial charge is 0.299 e. The standard InChI is InChI=1S/C15H24O/c1-10(2)14-6-5-12-9-13(14)8-11(3)4-7-15(12)16/h8,10,12-14H,4-7,9H2,1-3H3/b11-8-/t12-,13-,14-/m0/s1. The van der Waals surface area contributed by atoms with Crippen molar-refractivity contribution < 1.29 is 4.79 Å². The molecule has 2 aliphatic carbocycles. The summed E-state index contributed by atoms with van der Waals surface area (Å²) < 4.78 is 0. The number of hydrogen-bond donors (Lipinski definition) is 0. The first-order chi connectivity index (χ1) is 7.58. The van der Waals surface area contributed by atoms with Gasteiger partial charge in [0.15, 0.2) is 0 Å². The molecule has 0 spiro atoms. The van der Waals surface area contributed by atoms with Gasteiger partial charge in [0.25, 0.3) is 0 Å². The first-order valence-electron chi connectivity index (χ1n) is 6.78. The third-order valence-electron chi connectivity index (χ3n) is 4.53. The van der Waals surface area contributed by atoms with Crippen molar-refractivity contribution in [1.29, 1.82) is 0 Å². The molecule has 2 bridgehead atoms. The maximum Gasteiger partial charge on any atom is 0.136 e. The summed E-state index contributed by atoms with van der Waals surface area (Å²) in [5, 5.41) is 0. The number of ketones is 1. The van der Waals surface area contributed by atoms with Crippen LogP contribution in [-0.2, 0) is 4.79 Å². The molecule has 0 N–H and O–H groups in total. The second-order valence-electron chi connectivity index (χ2n) is 6.06. The Hall–Kier alpha value is -0.590. The Balaban J connectivity index is 2.21. The van der Waals surface area contributed by atoms with Crippen LogP contribution < -0.4 is 0 Å². The number of carbonyl (C=O) groups is 1. The summed E-state index contributed by atoms with van der Waals surface area (Å²) in [4.78, 5) is 12.0. The molecular formula is C15H24O. The SMILES string of the molecule is C/C1=C/[C@H]2C[C@H](CC[C@H]2C(C)C)C(=O)CC1. The molecule has 0 unspecified atom stereocenters. The van der Waals surface area contributed by atoms with E-state index < -0.39 is 0 Å². The number of Topliss-reactive ketones (excluding diaryl/α,β-unsaturated/α-hetero) is 1. The molecule has 2 aliphatic rings. The first kappa shape index (κ1) is 11.9. The van der Waals surface area contributed by atoms with Crippen LogP contribution in [0.2, 0.25) is 0 Å². The van der Waals surface area contributed by atoms with Gasteiger partial charge in [0, 0.05) is 12.3 Å². The molecule has 1 saturated carbocycles. The molecule has 0 aromatic carbocycles. The van der Waals surface area contributed by atoms with E-state index in [1.807, 2.05) is 0 Å². The van der Waals surface area contributed by atoms with Crippen molar-refractivity contribution >= 4 is 5.78 Å². The van der Waals surface area contributed by atoms with E-state index in [0.29, 0.717) is 17.6 Å². The fourth-order valence-corrected chi connectivity index (χ4v) is 3.51. The van der Waals surface area contributed by atoms with Crippen LogP contribution in [0.5, 0.6) is 0 Å². The molecule has 0 heterocycles. The zero-order chi connectivity index (χ0) is 11.7. The van der Waals surface area contributed by atoms with E-state index >= 15 is 0 Å². The molecule has 1 nitrogen and oxygen atoms in total. The zero-order valence-corrected chi connectivity index (χ0v) is 10.8. The van der Waals surface area contributed by atoms with Gasteiger partial charge in [-0.2, -0.15) is 0 Å². The third kappa shape index (κ3) is 2.39. The summed E-state index contributed by atoms with van der Waals surface area (Å²) in [5.74, 6) is 3.13. The summed E-state index contributed by atoms with van der Waals surface area (Å²) in [6.07, 6.45) is 7.78. The normalized spacial score (nSPS) is 38.9. The van der Waals surface area contributed by atoms with Crippen molar-refractivity contribution in [3.05, 3.63) is 11.6 Å². The van der Waals surface area contributed by atoms with E-state index in [1.165, 1.54) is 12.0 Å². The van der Waals surface area contributed by atoms with Gasteiger partial charge in [-0.05, 0) is 50.4 Å². The van der Waals surface area contributed by atoms with Crippen molar-refractivity contribution in [3.63, 3.8) is 0 Å². The highest BCUT2D eigenvalue weighted by Crippen LogP contribution is 2.41. The predicted molar refractivity (Wildman–Crippen MR) is 67.2 cm³/mol. The summed E-state index contributed by atoms with van der Waals surface area (Å²) in [6, 6.07) is 0. The fraction of sp³-hybridized carbons (Fsp3) is 0.800. The topological polar surface area (TPSA) is 17.1 Å². The van der Waals surface area contributed by atoms with Crippen LogP contribution in [0.15, 0.2) is 11.6 Å². The highest BCUT2D eigenvalue weighted by atomic mass is 16.1. The van der Waals surface area contributed by atoms with Crippen molar-refractivity contribution in [3.8, 4) is 0 Å². The van der Waals surface area contributed by atoms with Crippen LogP contribution in [0.25, 0.3) is 0 Å². The van der Waals surface area contributed by atoms with E-state index in [1.54, 1.807) is 0 Å². The molecule has 0 saturated heterocycles. The van der Waals surface area contributed by atoms with Crippen molar-refractivity contribution in [2.75, 3.05) is 0 Å². The number of fused-ring (bicyclic) bond motifs is 2. The Labute approximate surface area is 99.3 Å². The van der Waals surface area contributed by atoms with Gasteiger partial charge >= 0.3 is 0 Å². The maximum absolute atomic E-state index is 12.0. The lowest BCUT2D eigenvalue weighted by molar-refractivity contribution is -0.124. The van der Waals surface area contributed by atoms with Crippen LogP contribution in [-0.4, -0.2) is 5.78 Å². The molecule has 2 rings (SSSR count). The van der Waals surface area contributed by atoms with Gasteiger partial charge in [-0.25, -0.2) is 0 Å². The summed E-state index contributed by atoms with van der Waals surface area (Å²) in [7, 11) is 0. The van der Waals surface area contributed by atoms with Gasteiger partial charge < -0.3 is 0 Å². The predicted octanol–water partition coefficient (Wildman–Crippen LogP) is 3.98. The molecule has 0 amide bonds. The average Bonchev–Trinajstić information content (AvgIpc) is 2.24. The molecule has 0 aliphatic heterocycles. The first-order valence-corrected chi connectivity index (χ1v) is 6.78. The van der Waals surface area contributed by atoms with E-state index in [2.05, 4.69) is 26.8 Å². The molecule has 0 aromatic rings. The Morgan fingerprint density at radius 3 is 2.69 bits per heavy atom. The molecule has 1 fully saturated rings. The molecule has 0 aromatic heterocycles. The van der Waals surface area contributed by atoms with Crippen LogP contribution in [0.4, 0.5) is 0 Å². The minimum atomic E-state index is 0.379. The van der Waals surface area contributed by atoms with Gasteiger partial charge in [0.2, 0.25) is 0 Å². The minimum absolute atomic E-state index is 0.379. The molecular weight excluding hydrogens is 196 g/mol. The van der Waals surface area contributed by atoms with E-state index in [0.717, 1.165) is 37.5 Å². The van der Waals surface area contributed by atoms with Crippen LogP contribution in [0.3, 0.4) is 0 Å². The van der Waals surface area contributed by atoms with Gasteiger partial charge in [0.05, 0.1) is 0 Å². The number of allylic oxidation sites excluding steroid dienone is 2. The Morgan fingerprint density at radius 1 is 1.25 bits per heavy atom. The van der Waals surface area contributed by atoms with Gasteiger partial charge in [-0.1, -0.05) is 25.5 Å². The fourth-order valence-electron chi connectivity index (χ4n) is 3.51. The Kier molecular flexibility index (Phi) is 3.51. The monoisotopic (exact) mass is 220 g/mol. The van der Waals surface area contributed by atoms with Gasteiger partial charge in [-0.3, -0.25) is 4.79 Å². The lowest BCUT2D eigenvalue weighted by Gasteiger charge is -2.38. The number of hydrogen-bond acceptors (Lipinski definition) is 1. The summed E-state index contributed by atoms with van der Waals surface area (Å²) in [5.41, 5.74) is 1.43. The second kappa shape index (κ2) is 4.73. The quantitative estimate of drug-likeness (QED) is 0.611. The van der Waals surface area contributed by atoms with E-state index in [9.17, 15) is 4.79 Å². The van der Waals surface area contributed by atoms with Crippen molar-refractivity contribution in [2.24, 2.45) is 23.7 Å². The molecule has 16 heavy (non-hydrogen) atoms. The lowest BCUT2D eigenvalue weighted by Crippen LogP contribution is -2.32. The zero-order valence-electron chi connectivity index (χ0n) is 10.8. The summed E-state index contributed by atoms with van der Waals surface area (Å²) in [6.45, 7) is 6.85. The van der Waals surface area contributed by atoms with Crippen LogP contribution >= 0.6 is 0 Å². The van der Waals surface area contributed by atoms with E-state index in [-0.39, 0.29) is 0 Å². The maximum atomic E-state index is 12.0. The molecule has 90 valence electrons. The molecule has 3 atom stereocenters. The highest BCUT2D eigenvalue weighted by Gasteiger charge is 2.34. The summed E-state index contributed by atoms with van der Waals surface area (Å²) >= 11 is 0. The second-order valence-corrected chi connectivity index (χ2v) is 6.06.